The number of likely N-dealkylation sites (tertiary alicyclic amines) is 1. The van der Waals surface area contributed by atoms with Gasteiger partial charge in [0.05, 0.1) is 0 Å². The lowest BCUT2D eigenvalue weighted by Gasteiger charge is -2.32. The molecule has 3 rings (SSSR count). The number of carbonyl (C=O) groups is 2. The molecular formula is C22H26N2O4. The van der Waals surface area contributed by atoms with Crippen LogP contribution in [0.4, 0.5) is 0 Å². The summed E-state index contributed by atoms with van der Waals surface area (Å²) in [6.45, 7) is 3.99. The van der Waals surface area contributed by atoms with Crippen LogP contribution in [0, 0.1) is 12.8 Å². The van der Waals surface area contributed by atoms with Gasteiger partial charge in [0.15, 0.2) is 6.61 Å². The molecule has 28 heavy (non-hydrogen) atoms. The lowest BCUT2D eigenvalue weighted by molar-refractivity contribution is -0.134. The van der Waals surface area contributed by atoms with E-state index in [1.165, 1.54) is 12.1 Å². The Morgan fingerprint density at radius 1 is 1.07 bits per heavy atom. The van der Waals surface area contributed by atoms with Gasteiger partial charge in [0.25, 0.3) is 11.8 Å². The standard InChI is InChI=1S/C22H26N2O4/c1-16-2-8-20(9-3-16)28-15-21(26)24-12-10-17(11-13-24)14-23-22(27)18-4-6-19(25)7-5-18/h2-9,17,25H,10-15H2,1H3,(H,23,27). The zero-order valence-electron chi connectivity index (χ0n) is 16.1. The fourth-order valence-electron chi connectivity index (χ4n) is 3.21. The normalized spacial score (nSPS) is 14.5. The van der Waals surface area contributed by atoms with Crippen LogP contribution in [0.1, 0.15) is 28.8 Å². The predicted octanol–water partition coefficient (Wildman–Crippen LogP) is 2.75. The number of ether oxygens (including phenoxy) is 1. The quantitative estimate of drug-likeness (QED) is 0.805. The van der Waals surface area contributed by atoms with Crippen molar-refractivity contribution in [1.82, 2.24) is 10.2 Å². The molecule has 2 aromatic rings. The molecular weight excluding hydrogens is 356 g/mol. The van der Waals surface area contributed by atoms with Gasteiger partial charge in [0, 0.05) is 25.2 Å². The molecule has 0 saturated carbocycles. The summed E-state index contributed by atoms with van der Waals surface area (Å²) in [5.41, 5.74) is 1.68. The molecule has 2 aromatic carbocycles. The highest BCUT2D eigenvalue weighted by atomic mass is 16.5. The zero-order valence-corrected chi connectivity index (χ0v) is 16.1. The Hall–Kier alpha value is -3.02. The highest BCUT2D eigenvalue weighted by Gasteiger charge is 2.23. The van der Waals surface area contributed by atoms with Gasteiger partial charge < -0.3 is 20.1 Å². The van der Waals surface area contributed by atoms with Crippen molar-refractivity contribution < 1.29 is 19.4 Å². The minimum Gasteiger partial charge on any atom is -0.508 e. The fourth-order valence-corrected chi connectivity index (χ4v) is 3.21. The van der Waals surface area contributed by atoms with Crippen LogP contribution >= 0.6 is 0 Å². The highest BCUT2D eigenvalue weighted by molar-refractivity contribution is 5.94. The number of carbonyl (C=O) groups excluding carboxylic acids is 2. The highest BCUT2D eigenvalue weighted by Crippen LogP contribution is 2.18. The summed E-state index contributed by atoms with van der Waals surface area (Å²) in [5.74, 6) is 1.03. The van der Waals surface area contributed by atoms with Crippen LogP contribution < -0.4 is 10.1 Å². The van der Waals surface area contributed by atoms with E-state index in [1.807, 2.05) is 36.1 Å². The van der Waals surface area contributed by atoms with E-state index in [0.29, 0.717) is 36.9 Å². The molecule has 1 aliphatic rings. The molecule has 0 radical (unpaired) electrons. The molecule has 1 saturated heterocycles. The van der Waals surface area contributed by atoms with E-state index in [1.54, 1.807) is 12.1 Å². The second-order valence-electron chi connectivity index (χ2n) is 7.18. The fraction of sp³-hybridized carbons (Fsp3) is 0.364. The molecule has 6 heteroatoms. The lowest BCUT2D eigenvalue weighted by Crippen LogP contribution is -2.43. The largest absolute Gasteiger partial charge is 0.508 e. The number of nitrogens with one attached hydrogen (secondary N) is 1. The second kappa shape index (κ2) is 9.26. The van der Waals surface area contributed by atoms with Crippen LogP contribution in [0.5, 0.6) is 11.5 Å². The maximum atomic E-state index is 12.3. The SMILES string of the molecule is Cc1ccc(OCC(=O)N2CCC(CNC(=O)c3ccc(O)cc3)CC2)cc1. The van der Waals surface area contributed by atoms with Crippen LogP contribution in [0.2, 0.25) is 0 Å². The molecule has 0 bridgehead atoms. The molecule has 148 valence electrons. The van der Waals surface area contributed by atoms with Crippen LogP contribution in [-0.4, -0.2) is 48.1 Å². The molecule has 0 spiro atoms. The number of rotatable bonds is 6. The second-order valence-corrected chi connectivity index (χ2v) is 7.18. The first-order valence-electron chi connectivity index (χ1n) is 9.56. The van der Waals surface area contributed by atoms with Crippen molar-refractivity contribution in [3.63, 3.8) is 0 Å². The van der Waals surface area contributed by atoms with Crippen LogP contribution in [-0.2, 0) is 4.79 Å². The number of hydrogen-bond acceptors (Lipinski definition) is 4. The summed E-state index contributed by atoms with van der Waals surface area (Å²) in [6.07, 6.45) is 1.71. The van der Waals surface area contributed by atoms with Crippen LogP contribution in [0.25, 0.3) is 0 Å². The topological polar surface area (TPSA) is 78.9 Å². The Balaban J connectivity index is 1.37. The van der Waals surface area contributed by atoms with Gasteiger partial charge in [0.2, 0.25) is 0 Å². The third kappa shape index (κ3) is 5.49. The van der Waals surface area contributed by atoms with Crippen molar-refractivity contribution >= 4 is 11.8 Å². The van der Waals surface area contributed by atoms with Crippen molar-refractivity contribution in [2.75, 3.05) is 26.2 Å². The van der Waals surface area contributed by atoms with Crippen molar-refractivity contribution in [3.05, 3.63) is 59.7 Å². The first-order chi connectivity index (χ1) is 13.5. The molecule has 1 fully saturated rings. The molecule has 1 heterocycles. The van der Waals surface area contributed by atoms with Gasteiger partial charge in [-0.1, -0.05) is 17.7 Å². The first-order valence-corrected chi connectivity index (χ1v) is 9.56. The molecule has 2 amide bonds. The van der Waals surface area contributed by atoms with Gasteiger partial charge >= 0.3 is 0 Å². The number of benzene rings is 2. The summed E-state index contributed by atoms with van der Waals surface area (Å²) in [7, 11) is 0. The summed E-state index contributed by atoms with van der Waals surface area (Å²) in [4.78, 5) is 26.3. The van der Waals surface area contributed by atoms with E-state index >= 15 is 0 Å². The summed E-state index contributed by atoms with van der Waals surface area (Å²) in [5, 5.41) is 12.2. The van der Waals surface area contributed by atoms with Crippen molar-refractivity contribution in [3.8, 4) is 11.5 Å². The van der Waals surface area contributed by atoms with E-state index in [0.717, 1.165) is 18.4 Å². The Kier molecular flexibility index (Phi) is 6.53. The Labute approximate surface area is 165 Å². The summed E-state index contributed by atoms with van der Waals surface area (Å²) in [6, 6.07) is 13.8. The number of nitrogens with zero attached hydrogens (tertiary/aromatic N) is 1. The van der Waals surface area contributed by atoms with Crippen LogP contribution in [0.15, 0.2) is 48.5 Å². The van der Waals surface area contributed by atoms with Gasteiger partial charge in [-0.3, -0.25) is 9.59 Å². The third-order valence-electron chi connectivity index (χ3n) is 5.03. The molecule has 0 atom stereocenters. The van der Waals surface area contributed by atoms with Crippen molar-refractivity contribution in [1.29, 1.82) is 0 Å². The number of piperidine rings is 1. The lowest BCUT2D eigenvalue weighted by atomic mass is 9.96. The zero-order chi connectivity index (χ0) is 19.9. The maximum Gasteiger partial charge on any atom is 0.260 e. The van der Waals surface area contributed by atoms with E-state index < -0.39 is 0 Å². The Morgan fingerprint density at radius 2 is 1.71 bits per heavy atom. The van der Waals surface area contributed by atoms with E-state index in [4.69, 9.17) is 4.74 Å². The number of aromatic hydroxyl groups is 1. The smallest absolute Gasteiger partial charge is 0.260 e. The average Bonchev–Trinajstić information content (AvgIpc) is 2.72. The van der Waals surface area contributed by atoms with Crippen molar-refractivity contribution in [2.45, 2.75) is 19.8 Å². The monoisotopic (exact) mass is 382 g/mol. The molecule has 6 nitrogen and oxygen atoms in total. The Bertz CT molecular complexity index is 794. The van der Waals surface area contributed by atoms with E-state index in [9.17, 15) is 14.7 Å². The van der Waals surface area contributed by atoms with Gasteiger partial charge in [-0.05, 0) is 62.1 Å². The average molecular weight is 382 g/mol. The number of phenols is 1. The van der Waals surface area contributed by atoms with Gasteiger partial charge in [-0.2, -0.15) is 0 Å². The third-order valence-corrected chi connectivity index (χ3v) is 5.03. The number of hydrogen-bond donors (Lipinski definition) is 2. The van der Waals surface area contributed by atoms with Gasteiger partial charge in [0.1, 0.15) is 11.5 Å². The van der Waals surface area contributed by atoms with Gasteiger partial charge in [-0.15, -0.1) is 0 Å². The molecule has 0 aliphatic carbocycles. The minimum atomic E-state index is -0.148. The van der Waals surface area contributed by atoms with Gasteiger partial charge in [-0.25, -0.2) is 0 Å². The first kappa shape index (κ1) is 19.7. The number of phenolic OH excluding ortho intramolecular Hbond substituents is 1. The van der Waals surface area contributed by atoms with E-state index in [-0.39, 0.29) is 24.2 Å². The summed E-state index contributed by atoms with van der Waals surface area (Å²) >= 11 is 0. The Morgan fingerprint density at radius 3 is 2.36 bits per heavy atom. The minimum absolute atomic E-state index is 0.00726. The number of amides is 2. The van der Waals surface area contributed by atoms with Crippen molar-refractivity contribution in [2.24, 2.45) is 5.92 Å². The molecule has 1 aliphatic heterocycles. The predicted molar refractivity (Wildman–Crippen MR) is 106 cm³/mol. The molecule has 2 N–H and O–H groups in total. The van der Waals surface area contributed by atoms with E-state index in [2.05, 4.69) is 5.32 Å². The number of aryl methyl sites for hydroxylation is 1. The molecule has 0 unspecified atom stereocenters. The van der Waals surface area contributed by atoms with Crippen LogP contribution in [0.3, 0.4) is 0 Å². The summed E-state index contributed by atoms with van der Waals surface area (Å²) < 4.78 is 5.57. The maximum absolute atomic E-state index is 12.3. The molecule has 0 aromatic heterocycles.